The highest BCUT2D eigenvalue weighted by molar-refractivity contribution is 5.88. The van der Waals surface area contributed by atoms with Gasteiger partial charge < -0.3 is 18.9 Å². The van der Waals surface area contributed by atoms with Crippen LogP contribution in [0.3, 0.4) is 0 Å². The summed E-state index contributed by atoms with van der Waals surface area (Å²) in [5.41, 5.74) is -2.14. The number of methoxy groups -OCH3 is 2. The van der Waals surface area contributed by atoms with Gasteiger partial charge in [-0.1, -0.05) is 0 Å². The molecule has 1 unspecified atom stereocenters. The van der Waals surface area contributed by atoms with Crippen LogP contribution in [0.25, 0.3) is 0 Å². The molecule has 7 nitrogen and oxygen atoms in total. The number of hydrogen-bond donors (Lipinski definition) is 0. The van der Waals surface area contributed by atoms with Crippen molar-refractivity contribution in [2.45, 2.75) is 72.3 Å². The van der Waals surface area contributed by atoms with Gasteiger partial charge in [0.25, 0.3) is 0 Å². The summed E-state index contributed by atoms with van der Waals surface area (Å²) in [6, 6.07) is 0. The molecule has 1 rings (SSSR count). The Kier molecular flexibility index (Phi) is 9.94. The topological polar surface area (TPSA) is 88.1 Å². The predicted octanol–water partition coefficient (Wildman–Crippen LogP) is 4.15. The molecule has 0 heterocycles. The molecule has 0 bridgehead atoms. The summed E-state index contributed by atoms with van der Waals surface area (Å²) >= 11 is 0. The number of ether oxygens (including phenoxy) is 4. The molecule has 0 fully saturated rings. The van der Waals surface area contributed by atoms with E-state index in [0.717, 1.165) is 0 Å². The van der Waals surface area contributed by atoms with Crippen molar-refractivity contribution in [2.24, 2.45) is 10.8 Å². The van der Waals surface area contributed by atoms with Crippen molar-refractivity contribution in [1.82, 2.24) is 0 Å². The van der Waals surface area contributed by atoms with Gasteiger partial charge >= 0.3 is 11.9 Å². The molecule has 0 saturated heterocycles. The van der Waals surface area contributed by atoms with Crippen LogP contribution in [0.5, 0.6) is 0 Å². The Morgan fingerprint density at radius 1 is 0.935 bits per heavy atom. The van der Waals surface area contributed by atoms with Crippen molar-refractivity contribution >= 4 is 17.7 Å². The molecular weight excluding hydrogens is 400 g/mol. The monoisotopic (exact) mass is 438 g/mol. The molecule has 1 atom stereocenters. The number of Topliss-reactive ketones (excluding diaryl/α,β-unsaturated/α-hetero) is 1. The van der Waals surface area contributed by atoms with Crippen LogP contribution in [0, 0.1) is 10.8 Å². The van der Waals surface area contributed by atoms with Crippen molar-refractivity contribution in [3.05, 3.63) is 24.0 Å². The Balaban J connectivity index is 2.50. The maximum Gasteiger partial charge on any atom is 0.311 e. The first-order valence-corrected chi connectivity index (χ1v) is 10.7. The number of carbonyl (C=O) groups is 3. The quantitative estimate of drug-likeness (QED) is 0.315. The summed E-state index contributed by atoms with van der Waals surface area (Å²) in [7, 11) is 2.77. The number of carbonyl (C=O) groups excluding carboxylic acids is 3. The Morgan fingerprint density at radius 3 is 1.87 bits per heavy atom. The van der Waals surface area contributed by atoms with Gasteiger partial charge in [0, 0.05) is 13.0 Å². The molecule has 0 aromatic rings. The zero-order chi connectivity index (χ0) is 23.7. The van der Waals surface area contributed by atoms with E-state index >= 15 is 0 Å². The molecule has 7 heteroatoms. The summed E-state index contributed by atoms with van der Waals surface area (Å²) in [6.07, 6.45) is 8.34. The van der Waals surface area contributed by atoms with Crippen LogP contribution in [0.1, 0.15) is 66.7 Å². The van der Waals surface area contributed by atoms with Crippen molar-refractivity contribution < 1.29 is 33.3 Å². The van der Waals surface area contributed by atoms with Gasteiger partial charge in [-0.05, 0) is 78.5 Å². The summed E-state index contributed by atoms with van der Waals surface area (Å²) in [5.74, 6) is 0.114. The molecule has 176 valence electrons. The van der Waals surface area contributed by atoms with Crippen LogP contribution in [-0.2, 0) is 33.3 Å². The van der Waals surface area contributed by atoms with E-state index in [-0.39, 0.29) is 17.7 Å². The smallest absolute Gasteiger partial charge is 0.311 e. The Morgan fingerprint density at radius 2 is 1.45 bits per heavy atom. The maximum atomic E-state index is 12.3. The highest BCUT2D eigenvalue weighted by Gasteiger charge is 2.35. The van der Waals surface area contributed by atoms with Gasteiger partial charge in [0.2, 0.25) is 0 Å². The van der Waals surface area contributed by atoms with E-state index in [4.69, 9.17) is 18.9 Å². The van der Waals surface area contributed by atoms with Gasteiger partial charge in [0.05, 0.1) is 31.7 Å². The molecule has 0 aromatic carbocycles. The molecule has 0 aromatic heterocycles. The van der Waals surface area contributed by atoms with E-state index < -0.39 is 16.4 Å². The van der Waals surface area contributed by atoms with E-state index in [1.807, 2.05) is 33.8 Å². The lowest BCUT2D eigenvalue weighted by Gasteiger charge is -2.30. The van der Waals surface area contributed by atoms with Gasteiger partial charge in [0.15, 0.2) is 5.78 Å². The molecule has 0 spiro atoms. The summed E-state index contributed by atoms with van der Waals surface area (Å²) in [4.78, 5) is 35.8. The minimum Gasteiger partial charge on any atom is -0.494 e. The molecule has 0 N–H and O–H groups in total. The first-order chi connectivity index (χ1) is 14.4. The summed E-state index contributed by atoms with van der Waals surface area (Å²) in [6.45, 7) is 9.70. The average molecular weight is 439 g/mol. The second kappa shape index (κ2) is 11.5. The lowest BCUT2D eigenvalue weighted by Crippen LogP contribution is -2.39. The number of rotatable bonds is 13. The largest absolute Gasteiger partial charge is 0.494 e. The zero-order valence-electron chi connectivity index (χ0n) is 20.0. The normalized spacial score (nSPS) is 18.9. The molecule has 0 saturated carbocycles. The Bertz CT molecular complexity index is 703. The van der Waals surface area contributed by atoms with Crippen LogP contribution in [0.4, 0.5) is 0 Å². The van der Waals surface area contributed by atoms with E-state index in [2.05, 4.69) is 0 Å². The fourth-order valence-corrected chi connectivity index (χ4v) is 3.41. The zero-order valence-corrected chi connectivity index (χ0v) is 20.0. The molecule has 1 aliphatic carbocycles. The van der Waals surface area contributed by atoms with Gasteiger partial charge in [-0.15, -0.1) is 0 Å². The number of hydrogen-bond acceptors (Lipinski definition) is 7. The lowest BCUT2D eigenvalue weighted by molar-refractivity contribution is -0.152. The summed E-state index contributed by atoms with van der Waals surface area (Å²) in [5, 5.41) is 0. The molecular formula is C24H38O7. The van der Waals surface area contributed by atoms with E-state index in [9.17, 15) is 14.4 Å². The van der Waals surface area contributed by atoms with Gasteiger partial charge in [-0.2, -0.15) is 0 Å². The van der Waals surface area contributed by atoms with Crippen molar-refractivity contribution in [3.63, 3.8) is 0 Å². The van der Waals surface area contributed by atoms with Crippen LogP contribution in [-0.4, -0.2) is 50.8 Å². The minimum absolute atomic E-state index is 0.0777. The minimum atomic E-state index is -1.00. The summed E-state index contributed by atoms with van der Waals surface area (Å²) < 4.78 is 21.4. The van der Waals surface area contributed by atoms with Crippen LogP contribution >= 0.6 is 0 Å². The van der Waals surface area contributed by atoms with Crippen LogP contribution in [0.2, 0.25) is 0 Å². The fourth-order valence-electron chi connectivity index (χ4n) is 3.41. The van der Waals surface area contributed by atoms with Gasteiger partial charge in [0.1, 0.15) is 11.4 Å². The Labute approximate surface area is 186 Å². The molecule has 31 heavy (non-hydrogen) atoms. The van der Waals surface area contributed by atoms with Crippen molar-refractivity contribution in [3.8, 4) is 0 Å². The first kappa shape index (κ1) is 26.9. The SMILES string of the molecule is COC(=O)C(C)(C)CCCOC1=CCC(OCCCC(C)(C)C(=O)OC)(C(C)=O)C=C1. The second-order valence-corrected chi connectivity index (χ2v) is 9.24. The molecule has 0 amide bonds. The molecule has 0 aliphatic heterocycles. The van der Waals surface area contributed by atoms with E-state index in [1.54, 1.807) is 12.2 Å². The van der Waals surface area contributed by atoms with Crippen LogP contribution < -0.4 is 0 Å². The number of esters is 2. The third-order valence-corrected chi connectivity index (χ3v) is 5.72. The highest BCUT2D eigenvalue weighted by atomic mass is 16.5. The van der Waals surface area contributed by atoms with Crippen LogP contribution in [0.15, 0.2) is 24.0 Å². The fraction of sp³-hybridized carbons (Fsp3) is 0.708. The van der Waals surface area contributed by atoms with Crippen molar-refractivity contribution in [1.29, 1.82) is 0 Å². The molecule has 1 aliphatic rings. The first-order valence-electron chi connectivity index (χ1n) is 10.7. The lowest BCUT2D eigenvalue weighted by atomic mass is 9.87. The van der Waals surface area contributed by atoms with Gasteiger partial charge in [-0.3, -0.25) is 14.4 Å². The second-order valence-electron chi connectivity index (χ2n) is 9.24. The molecule has 0 radical (unpaired) electrons. The van der Waals surface area contributed by atoms with E-state index in [0.29, 0.717) is 51.1 Å². The number of ketones is 1. The average Bonchev–Trinajstić information content (AvgIpc) is 2.73. The maximum absolute atomic E-state index is 12.3. The Hall–Kier alpha value is -2.15. The predicted molar refractivity (Wildman–Crippen MR) is 117 cm³/mol. The van der Waals surface area contributed by atoms with E-state index in [1.165, 1.54) is 21.1 Å². The highest BCUT2D eigenvalue weighted by Crippen LogP contribution is 2.29. The van der Waals surface area contributed by atoms with Crippen molar-refractivity contribution in [2.75, 3.05) is 27.4 Å². The third kappa shape index (κ3) is 7.80. The standard InChI is InChI=1S/C24H38O7/c1-18(25)24(31-17-9-13-23(4,5)21(27)29-7)14-10-19(11-15-24)30-16-8-12-22(2,3)20(26)28-6/h10-11,14H,8-9,12-13,15-17H2,1-7H3. The van der Waals surface area contributed by atoms with Gasteiger partial charge in [-0.25, -0.2) is 0 Å². The number of allylic oxidation sites excluding steroid dienone is 1. The third-order valence-electron chi connectivity index (χ3n) is 5.72.